The number of rotatable bonds is 6. The van der Waals surface area contributed by atoms with Crippen LogP contribution in [0.25, 0.3) is 0 Å². The van der Waals surface area contributed by atoms with Crippen molar-refractivity contribution in [3.05, 3.63) is 77.0 Å². The van der Waals surface area contributed by atoms with Gasteiger partial charge in [0.1, 0.15) is 11.6 Å². The van der Waals surface area contributed by atoms with Crippen LogP contribution < -0.4 is 10.6 Å². The predicted octanol–water partition coefficient (Wildman–Crippen LogP) is 4.50. The molecular formula is C23H23F4N5O. The number of carbonyl (C=O) groups is 1. The molecule has 2 atom stereocenters. The van der Waals surface area contributed by atoms with Gasteiger partial charge in [0.05, 0.1) is 37.1 Å². The number of benzene rings is 1. The Balaban J connectivity index is 1.53. The van der Waals surface area contributed by atoms with Crippen molar-refractivity contribution >= 4 is 11.7 Å². The van der Waals surface area contributed by atoms with Crippen molar-refractivity contribution in [3.8, 4) is 0 Å². The topological polar surface area (TPSA) is 71.8 Å². The molecule has 2 N–H and O–H groups in total. The highest BCUT2D eigenvalue weighted by Crippen LogP contribution is 2.44. The smallest absolute Gasteiger partial charge is 0.363 e. The molecule has 1 aromatic carbocycles. The van der Waals surface area contributed by atoms with Gasteiger partial charge in [-0.15, -0.1) is 0 Å². The molecule has 1 amide bonds. The molecule has 1 aliphatic rings. The molecule has 10 heteroatoms. The Labute approximate surface area is 188 Å². The van der Waals surface area contributed by atoms with Crippen LogP contribution in [0, 0.1) is 5.82 Å². The maximum Gasteiger partial charge on any atom is 0.410 e. The number of alkyl halides is 3. The van der Waals surface area contributed by atoms with Crippen LogP contribution in [0.3, 0.4) is 0 Å². The first kappa shape index (κ1) is 22.8. The molecule has 33 heavy (non-hydrogen) atoms. The molecule has 0 spiro atoms. The summed E-state index contributed by atoms with van der Waals surface area (Å²) in [4.78, 5) is 16.3. The number of amides is 1. The van der Waals surface area contributed by atoms with Crippen molar-refractivity contribution in [1.82, 2.24) is 20.1 Å². The average Bonchev–Trinajstić information content (AvgIpc) is 3.20. The second kappa shape index (κ2) is 9.21. The molecule has 0 aliphatic carbocycles. The summed E-state index contributed by atoms with van der Waals surface area (Å²) in [6.07, 6.45) is -1.67. The van der Waals surface area contributed by atoms with E-state index in [1.165, 1.54) is 18.3 Å². The largest absolute Gasteiger partial charge is 0.410 e. The van der Waals surface area contributed by atoms with Gasteiger partial charge in [0.25, 0.3) is 0 Å². The normalized spacial score (nSPS) is 17.8. The molecule has 174 valence electrons. The van der Waals surface area contributed by atoms with Gasteiger partial charge in [-0.25, -0.2) is 9.07 Å². The van der Waals surface area contributed by atoms with Crippen LogP contribution in [0.4, 0.5) is 23.4 Å². The summed E-state index contributed by atoms with van der Waals surface area (Å²) in [6.45, 7) is 2.09. The first-order chi connectivity index (χ1) is 15.7. The van der Waals surface area contributed by atoms with E-state index in [-0.39, 0.29) is 25.2 Å². The fourth-order valence-corrected chi connectivity index (χ4v) is 3.88. The maximum atomic E-state index is 13.8. The SMILES string of the molecule is CCc1ccc([C@@H]2C[C@H](C(F)(F)F)n3ncc(CC(=O)NCc4ccc(F)cn4)c3N2)cc1. The van der Waals surface area contributed by atoms with Gasteiger partial charge in [0.15, 0.2) is 6.04 Å². The first-order valence-electron chi connectivity index (χ1n) is 10.6. The van der Waals surface area contributed by atoms with Gasteiger partial charge in [-0.05, 0) is 29.7 Å². The zero-order valence-electron chi connectivity index (χ0n) is 17.9. The van der Waals surface area contributed by atoms with E-state index in [4.69, 9.17) is 0 Å². The second-order valence-electron chi connectivity index (χ2n) is 7.97. The lowest BCUT2D eigenvalue weighted by atomic mass is 9.95. The summed E-state index contributed by atoms with van der Waals surface area (Å²) in [5.74, 6) is -0.708. The zero-order valence-corrected chi connectivity index (χ0v) is 17.9. The van der Waals surface area contributed by atoms with Crippen molar-refractivity contribution in [2.24, 2.45) is 0 Å². The van der Waals surface area contributed by atoms with Crippen LogP contribution in [-0.2, 0) is 24.2 Å². The Kier molecular flexibility index (Phi) is 6.35. The van der Waals surface area contributed by atoms with Crippen LogP contribution in [-0.4, -0.2) is 26.8 Å². The maximum absolute atomic E-state index is 13.8. The molecule has 6 nitrogen and oxygen atoms in total. The van der Waals surface area contributed by atoms with Crippen molar-refractivity contribution in [2.45, 2.75) is 51.0 Å². The number of aromatic nitrogens is 3. The van der Waals surface area contributed by atoms with Crippen molar-refractivity contribution in [2.75, 3.05) is 5.32 Å². The molecule has 0 unspecified atom stereocenters. The fraction of sp³-hybridized carbons (Fsp3) is 0.348. The molecule has 3 aromatic rings. The third-order valence-corrected chi connectivity index (χ3v) is 5.71. The monoisotopic (exact) mass is 461 g/mol. The number of nitrogens with zero attached hydrogens (tertiary/aromatic N) is 3. The van der Waals surface area contributed by atoms with Crippen LogP contribution in [0.5, 0.6) is 0 Å². The number of aryl methyl sites for hydroxylation is 1. The molecule has 2 aromatic heterocycles. The minimum atomic E-state index is -4.49. The number of pyridine rings is 1. The van der Waals surface area contributed by atoms with Crippen LogP contribution in [0.15, 0.2) is 48.8 Å². The van der Waals surface area contributed by atoms with Gasteiger partial charge in [-0.1, -0.05) is 31.2 Å². The lowest BCUT2D eigenvalue weighted by Crippen LogP contribution is -2.36. The van der Waals surface area contributed by atoms with Crippen molar-refractivity contribution in [3.63, 3.8) is 0 Å². The van der Waals surface area contributed by atoms with Crippen molar-refractivity contribution in [1.29, 1.82) is 0 Å². The summed E-state index contributed by atoms with van der Waals surface area (Å²) in [7, 11) is 0. The standard InChI is InChI=1S/C23H23F4N5O/c1-2-14-3-5-15(6-4-14)19-10-20(23(25,26)27)32-22(31-19)16(11-30-32)9-21(33)29-13-18-8-7-17(24)12-28-18/h3-8,11-12,19-20,31H,2,9-10,13H2,1H3,(H,29,33)/t19-,20+/m0/s1. The molecule has 0 radical (unpaired) electrons. The molecule has 3 heterocycles. The fourth-order valence-electron chi connectivity index (χ4n) is 3.88. The summed E-state index contributed by atoms with van der Waals surface area (Å²) >= 11 is 0. The van der Waals surface area contributed by atoms with E-state index in [0.29, 0.717) is 11.3 Å². The van der Waals surface area contributed by atoms with Crippen LogP contribution >= 0.6 is 0 Å². The summed E-state index contributed by atoms with van der Waals surface area (Å²) in [5, 5.41) is 9.74. The summed E-state index contributed by atoms with van der Waals surface area (Å²) < 4.78 is 55.4. The molecule has 0 saturated carbocycles. The number of halogens is 4. The number of anilines is 1. The van der Waals surface area contributed by atoms with Gasteiger partial charge in [-0.2, -0.15) is 18.3 Å². The molecule has 1 aliphatic heterocycles. The first-order valence-corrected chi connectivity index (χ1v) is 10.6. The van der Waals surface area contributed by atoms with Gasteiger partial charge < -0.3 is 10.6 Å². The summed E-state index contributed by atoms with van der Waals surface area (Å²) in [5.41, 5.74) is 2.67. The third kappa shape index (κ3) is 5.15. The van der Waals surface area contributed by atoms with E-state index in [1.54, 1.807) is 0 Å². The van der Waals surface area contributed by atoms with Crippen molar-refractivity contribution < 1.29 is 22.4 Å². The Bertz CT molecular complexity index is 1110. The van der Waals surface area contributed by atoms with E-state index in [2.05, 4.69) is 20.7 Å². The van der Waals surface area contributed by atoms with Crippen LogP contribution in [0.1, 0.15) is 47.8 Å². The highest BCUT2D eigenvalue weighted by Gasteiger charge is 2.46. The lowest BCUT2D eigenvalue weighted by Gasteiger charge is -2.34. The quantitative estimate of drug-likeness (QED) is 0.531. The molecular weight excluding hydrogens is 438 g/mol. The van der Waals surface area contributed by atoms with E-state index >= 15 is 0 Å². The Morgan fingerprint density at radius 3 is 2.58 bits per heavy atom. The number of nitrogens with one attached hydrogen (secondary N) is 2. The molecule has 4 rings (SSSR count). The minimum absolute atomic E-state index is 0.0770. The van der Waals surface area contributed by atoms with E-state index in [1.807, 2.05) is 31.2 Å². The Morgan fingerprint density at radius 1 is 1.18 bits per heavy atom. The van der Waals surface area contributed by atoms with E-state index in [0.717, 1.165) is 28.4 Å². The second-order valence-corrected chi connectivity index (χ2v) is 7.97. The Morgan fingerprint density at radius 2 is 1.94 bits per heavy atom. The van der Waals surface area contributed by atoms with Gasteiger partial charge in [0.2, 0.25) is 5.91 Å². The highest BCUT2D eigenvalue weighted by atomic mass is 19.4. The molecule has 0 fully saturated rings. The molecule has 0 bridgehead atoms. The third-order valence-electron chi connectivity index (χ3n) is 5.71. The Hall–Kier alpha value is -3.43. The number of carbonyl (C=O) groups excluding carboxylic acids is 1. The minimum Gasteiger partial charge on any atom is -0.363 e. The average molecular weight is 461 g/mol. The number of hydrogen-bond acceptors (Lipinski definition) is 4. The van der Waals surface area contributed by atoms with Gasteiger partial charge in [-0.3, -0.25) is 9.78 Å². The highest BCUT2D eigenvalue weighted by molar-refractivity contribution is 5.80. The lowest BCUT2D eigenvalue weighted by molar-refractivity contribution is -0.173. The van der Waals surface area contributed by atoms with E-state index in [9.17, 15) is 22.4 Å². The van der Waals surface area contributed by atoms with Gasteiger partial charge in [0, 0.05) is 12.0 Å². The number of hydrogen-bond donors (Lipinski definition) is 2. The zero-order chi connectivity index (χ0) is 23.6. The predicted molar refractivity (Wildman–Crippen MR) is 114 cm³/mol. The number of fused-ring (bicyclic) bond motifs is 1. The van der Waals surface area contributed by atoms with Gasteiger partial charge >= 0.3 is 6.18 Å². The molecule has 0 saturated heterocycles. The summed E-state index contributed by atoms with van der Waals surface area (Å²) in [6, 6.07) is 7.78. The van der Waals surface area contributed by atoms with E-state index < -0.39 is 30.0 Å². The van der Waals surface area contributed by atoms with Crippen LogP contribution in [0.2, 0.25) is 0 Å².